The van der Waals surface area contributed by atoms with Gasteiger partial charge < -0.3 is 4.57 Å². The van der Waals surface area contributed by atoms with Crippen LogP contribution in [0.25, 0.3) is 28.1 Å². The molecule has 0 atom stereocenters. The summed E-state index contributed by atoms with van der Waals surface area (Å²) in [5.74, 6) is 0. The Morgan fingerprint density at radius 2 is 2.15 bits per heavy atom. The topological polar surface area (TPSA) is 39.0 Å². The van der Waals surface area contributed by atoms with Gasteiger partial charge in [0, 0.05) is 25.0 Å². The lowest BCUT2D eigenvalue weighted by atomic mass is 10.2. The molecule has 1 aliphatic rings. The van der Waals surface area contributed by atoms with Crippen LogP contribution >= 0.6 is 0 Å². The molecule has 20 heavy (non-hydrogen) atoms. The first kappa shape index (κ1) is 10.1. The molecule has 4 aromatic rings. The minimum atomic E-state index is 0.891. The van der Waals surface area contributed by atoms with Gasteiger partial charge in [0.25, 0.3) is 12.0 Å². The molecule has 5 heterocycles. The van der Waals surface area contributed by atoms with Crippen molar-refractivity contribution in [3.05, 3.63) is 48.7 Å². The van der Waals surface area contributed by atoms with Gasteiger partial charge in [-0.25, -0.2) is 4.57 Å². The van der Waals surface area contributed by atoms with Crippen molar-refractivity contribution in [2.45, 2.75) is 6.54 Å². The van der Waals surface area contributed by atoms with Crippen molar-refractivity contribution >= 4 is 16.7 Å². The average Bonchev–Trinajstić information content (AvgIpc) is 3.08. The average molecular weight is 262 g/mol. The van der Waals surface area contributed by atoms with E-state index < -0.39 is 0 Å². The summed E-state index contributed by atoms with van der Waals surface area (Å²) in [7, 11) is 2.10. The molecule has 96 valence electrons. The van der Waals surface area contributed by atoms with Crippen molar-refractivity contribution < 1.29 is 4.57 Å². The maximum Gasteiger partial charge on any atom is 0.256 e. The Kier molecular flexibility index (Phi) is 1.65. The summed E-state index contributed by atoms with van der Waals surface area (Å²) in [6.45, 7) is 0.891. The molecule has 0 aliphatic carbocycles. The second kappa shape index (κ2) is 3.25. The molecule has 0 unspecified atom stereocenters. The SMILES string of the molecule is Cn1c2ccncc2n2c[n+]3c(c12)-c1ncccc1C3. The summed E-state index contributed by atoms with van der Waals surface area (Å²) in [4.78, 5) is 8.82. The molecule has 5 heteroatoms. The van der Waals surface area contributed by atoms with Gasteiger partial charge in [-0.1, -0.05) is 6.07 Å². The number of rotatable bonds is 0. The minimum absolute atomic E-state index is 0.891. The summed E-state index contributed by atoms with van der Waals surface area (Å²) in [5.41, 5.74) is 7.05. The lowest BCUT2D eigenvalue weighted by Gasteiger charge is -1.94. The summed E-state index contributed by atoms with van der Waals surface area (Å²) in [6.07, 6.45) is 7.76. The summed E-state index contributed by atoms with van der Waals surface area (Å²) >= 11 is 0. The third-order valence-corrected chi connectivity index (χ3v) is 4.15. The predicted octanol–water partition coefficient (Wildman–Crippen LogP) is 1.54. The Hall–Kier alpha value is -2.69. The predicted molar refractivity (Wildman–Crippen MR) is 74.2 cm³/mol. The maximum absolute atomic E-state index is 4.57. The van der Waals surface area contributed by atoms with E-state index >= 15 is 0 Å². The first-order valence-corrected chi connectivity index (χ1v) is 6.62. The van der Waals surface area contributed by atoms with Crippen molar-refractivity contribution in [3.8, 4) is 11.4 Å². The number of hydrogen-bond acceptors (Lipinski definition) is 2. The Bertz CT molecular complexity index is 992. The van der Waals surface area contributed by atoms with E-state index in [1.54, 1.807) is 0 Å². The van der Waals surface area contributed by atoms with Crippen molar-refractivity contribution in [2.24, 2.45) is 7.05 Å². The summed E-state index contributed by atoms with van der Waals surface area (Å²) < 4.78 is 6.68. The van der Waals surface area contributed by atoms with E-state index in [4.69, 9.17) is 0 Å². The van der Waals surface area contributed by atoms with Crippen LogP contribution in [0.15, 0.2) is 43.1 Å². The fourth-order valence-corrected chi connectivity index (χ4v) is 3.28. The molecule has 1 aliphatic heterocycles. The van der Waals surface area contributed by atoms with Crippen LogP contribution in [-0.2, 0) is 13.6 Å². The standard InChI is InChI=1S/C15H12N5/c1-18-11-4-6-16-7-12(11)20-9-19-8-10-3-2-5-17-13(10)14(19)15(18)20/h2-7,9H,8H2,1H3/q+1. The van der Waals surface area contributed by atoms with Gasteiger partial charge in [0.05, 0.1) is 11.7 Å². The minimum Gasteiger partial charge on any atom is -0.304 e. The smallest absolute Gasteiger partial charge is 0.256 e. The van der Waals surface area contributed by atoms with E-state index in [1.807, 2.05) is 30.7 Å². The summed E-state index contributed by atoms with van der Waals surface area (Å²) in [6, 6.07) is 6.20. The van der Waals surface area contributed by atoms with Crippen LogP contribution in [0.2, 0.25) is 0 Å². The van der Waals surface area contributed by atoms with Crippen LogP contribution in [0, 0.1) is 0 Å². The van der Waals surface area contributed by atoms with Gasteiger partial charge in [0.1, 0.15) is 12.2 Å². The van der Waals surface area contributed by atoms with Gasteiger partial charge in [-0.3, -0.25) is 9.97 Å². The van der Waals surface area contributed by atoms with Gasteiger partial charge in [0.2, 0.25) is 5.69 Å². The zero-order chi connectivity index (χ0) is 13.3. The Balaban J connectivity index is 2.01. The molecule has 0 fully saturated rings. The van der Waals surface area contributed by atoms with Gasteiger partial charge in [-0.05, 0) is 12.1 Å². The molecule has 5 nitrogen and oxygen atoms in total. The van der Waals surface area contributed by atoms with Crippen LogP contribution < -0.4 is 4.57 Å². The highest BCUT2D eigenvalue weighted by atomic mass is 15.2. The molecular weight excluding hydrogens is 250 g/mol. The zero-order valence-electron chi connectivity index (χ0n) is 11.0. The van der Waals surface area contributed by atoms with Crippen LogP contribution in [-0.4, -0.2) is 18.9 Å². The number of aromatic nitrogens is 5. The molecule has 0 aromatic carbocycles. The fraction of sp³-hybridized carbons (Fsp3) is 0.133. The zero-order valence-corrected chi connectivity index (χ0v) is 11.0. The van der Waals surface area contributed by atoms with Crippen molar-refractivity contribution in [1.29, 1.82) is 0 Å². The van der Waals surface area contributed by atoms with Crippen LogP contribution in [0.5, 0.6) is 0 Å². The maximum atomic E-state index is 4.57. The molecule has 0 amide bonds. The van der Waals surface area contributed by atoms with E-state index in [-0.39, 0.29) is 0 Å². The highest BCUT2D eigenvalue weighted by Gasteiger charge is 2.33. The second-order valence-electron chi connectivity index (χ2n) is 5.22. The highest BCUT2D eigenvalue weighted by molar-refractivity contribution is 5.86. The van der Waals surface area contributed by atoms with Gasteiger partial charge in [0.15, 0.2) is 5.52 Å². The molecule has 0 saturated heterocycles. The molecule has 0 radical (unpaired) electrons. The quantitative estimate of drug-likeness (QED) is 0.397. The molecule has 0 saturated carbocycles. The van der Waals surface area contributed by atoms with Crippen LogP contribution in [0.3, 0.4) is 0 Å². The number of hydrogen-bond donors (Lipinski definition) is 0. The lowest BCUT2D eigenvalue weighted by molar-refractivity contribution is -0.671. The molecule has 0 N–H and O–H groups in total. The van der Waals surface area contributed by atoms with Crippen molar-refractivity contribution in [3.63, 3.8) is 0 Å². The number of imidazole rings is 2. The first-order valence-electron chi connectivity index (χ1n) is 6.62. The molecule has 0 bridgehead atoms. The van der Waals surface area contributed by atoms with E-state index in [2.05, 4.69) is 42.9 Å². The first-order chi connectivity index (χ1) is 9.84. The molecule has 0 spiro atoms. The summed E-state index contributed by atoms with van der Waals surface area (Å²) in [5, 5.41) is 0. The van der Waals surface area contributed by atoms with Gasteiger partial charge in [-0.2, -0.15) is 4.40 Å². The van der Waals surface area contributed by atoms with Crippen LogP contribution in [0.4, 0.5) is 0 Å². The Morgan fingerprint density at radius 3 is 3.10 bits per heavy atom. The van der Waals surface area contributed by atoms with Crippen molar-refractivity contribution in [1.82, 2.24) is 18.9 Å². The van der Waals surface area contributed by atoms with E-state index in [0.29, 0.717) is 0 Å². The Labute approximate surface area is 114 Å². The van der Waals surface area contributed by atoms with Crippen LogP contribution in [0.1, 0.15) is 5.56 Å². The molecule has 4 aromatic heterocycles. The molecule has 5 rings (SSSR count). The molecular formula is C15H12N5+. The normalized spacial score (nSPS) is 13.1. The third-order valence-electron chi connectivity index (χ3n) is 4.15. The largest absolute Gasteiger partial charge is 0.304 e. The van der Waals surface area contributed by atoms with E-state index in [0.717, 1.165) is 17.8 Å². The monoisotopic (exact) mass is 262 g/mol. The van der Waals surface area contributed by atoms with Crippen molar-refractivity contribution in [2.75, 3.05) is 0 Å². The Morgan fingerprint density at radius 1 is 1.20 bits per heavy atom. The third kappa shape index (κ3) is 1.02. The highest BCUT2D eigenvalue weighted by Crippen LogP contribution is 2.31. The fourth-order valence-electron chi connectivity index (χ4n) is 3.28. The number of fused-ring (bicyclic) bond motifs is 7. The number of nitrogens with zero attached hydrogens (tertiary/aromatic N) is 5. The van der Waals surface area contributed by atoms with Gasteiger partial charge >= 0.3 is 0 Å². The number of pyridine rings is 2. The van der Waals surface area contributed by atoms with Gasteiger partial charge in [-0.15, -0.1) is 0 Å². The lowest BCUT2D eigenvalue weighted by Crippen LogP contribution is -2.29. The van der Waals surface area contributed by atoms with E-state index in [9.17, 15) is 0 Å². The second-order valence-corrected chi connectivity index (χ2v) is 5.22. The van der Waals surface area contributed by atoms with E-state index in [1.165, 1.54) is 22.4 Å². The number of aryl methyl sites for hydroxylation is 1.